The number of fused-ring (bicyclic) bond motifs is 10. The van der Waals surface area contributed by atoms with Crippen molar-refractivity contribution < 1.29 is 4.74 Å². The molecule has 0 bridgehead atoms. The Bertz CT molecular complexity index is 3180. The van der Waals surface area contributed by atoms with E-state index in [1.165, 1.54) is 5.56 Å². The normalized spacial score (nSPS) is 12.9. The Morgan fingerprint density at radius 1 is 0.333 bits per heavy atom. The first-order valence-electron chi connectivity index (χ1n) is 20.2. The summed E-state index contributed by atoms with van der Waals surface area (Å²) in [5.74, 6) is 3.55. The van der Waals surface area contributed by atoms with Gasteiger partial charge in [0.15, 0.2) is 17.5 Å². The molecule has 1 aliphatic heterocycles. The largest absolute Gasteiger partial charge is 0.457 e. The van der Waals surface area contributed by atoms with E-state index >= 15 is 0 Å². The van der Waals surface area contributed by atoms with Gasteiger partial charge in [-0.3, -0.25) is 4.98 Å². The highest BCUT2D eigenvalue weighted by Gasteiger charge is 2.52. The van der Waals surface area contributed by atoms with Crippen molar-refractivity contribution in [2.24, 2.45) is 0 Å². The van der Waals surface area contributed by atoms with E-state index in [9.17, 15) is 0 Å². The van der Waals surface area contributed by atoms with Crippen molar-refractivity contribution in [3.8, 4) is 79.0 Å². The summed E-state index contributed by atoms with van der Waals surface area (Å²) < 4.78 is 6.70. The molecule has 1 spiro atoms. The van der Waals surface area contributed by atoms with Gasteiger partial charge in [0.05, 0.1) is 10.9 Å². The van der Waals surface area contributed by atoms with Crippen molar-refractivity contribution in [2.45, 2.75) is 5.41 Å². The minimum absolute atomic E-state index is 0.616. The minimum Gasteiger partial charge on any atom is -0.457 e. The Balaban J connectivity index is 1.15. The molecule has 8 aromatic carbocycles. The fourth-order valence-corrected chi connectivity index (χ4v) is 9.51. The molecule has 60 heavy (non-hydrogen) atoms. The quantitative estimate of drug-likeness (QED) is 0.175. The van der Waals surface area contributed by atoms with Gasteiger partial charge in [-0.25, -0.2) is 15.0 Å². The van der Waals surface area contributed by atoms with Gasteiger partial charge in [-0.2, -0.15) is 0 Å². The fraction of sp³-hybridized carbons (Fsp3) is 0.0182. The highest BCUT2D eigenvalue weighted by atomic mass is 16.5. The first-order chi connectivity index (χ1) is 29.8. The van der Waals surface area contributed by atoms with Crippen LogP contribution in [0.15, 0.2) is 206 Å². The first kappa shape index (κ1) is 34.1. The molecule has 5 heteroatoms. The molecule has 0 radical (unpaired) electrons. The summed E-state index contributed by atoms with van der Waals surface area (Å²) in [7, 11) is 0. The van der Waals surface area contributed by atoms with Crippen LogP contribution in [0.3, 0.4) is 0 Å². The number of ether oxygens (including phenoxy) is 1. The zero-order valence-corrected chi connectivity index (χ0v) is 32.3. The van der Waals surface area contributed by atoms with Crippen molar-refractivity contribution in [2.75, 3.05) is 0 Å². The van der Waals surface area contributed by atoms with E-state index in [1.807, 2.05) is 48.7 Å². The molecule has 280 valence electrons. The third-order valence-corrected chi connectivity index (χ3v) is 12.1. The third-order valence-electron chi connectivity index (χ3n) is 12.1. The molecule has 0 saturated heterocycles. The molecule has 1 aliphatic carbocycles. The SMILES string of the molecule is c1ccc(-c2nc(-c3ccccc3)nc(-c3cccc4c3-c3c(-c5ccc(-c6cccc7cccnc67)cc5)cccc3C43c4ccccc4Oc4ccccc43)n2)cc1. The summed E-state index contributed by atoms with van der Waals surface area (Å²) in [6, 6.07) is 70.1. The van der Waals surface area contributed by atoms with E-state index in [0.717, 1.165) is 89.2 Å². The number of hydrogen-bond donors (Lipinski definition) is 0. The van der Waals surface area contributed by atoms with E-state index < -0.39 is 5.41 Å². The van der Waals surface area contributed by atoms with E-state index in [0.29, 0.717) is 17.5 Å². The van der Waals surface area contributed by atoms with Gasteiger partial charge in [0.2, 0.25) is 0 Å². The Kier molecular flexibility index (Phi) is 7.69. The Morgan fingerprint density at radius 3 is 1.43 bits per heavy atom. The number of benzene rings is 8. The van der Waals surface area contributed by atoms with Gasteiger partial charge >= 0.3 is 0 Å². The summed E-state index contributed by atoms with van der Waals surface area (Å²) in [4.78, 5) is 20.4. The highest BCUT2D eigenvalue weighted by Crippen LogP contribution is 2.64. The number of para-hydroxylation sites is 3. The van der Waals surface area contributed by atoms with Gasteiger partial charge in [0.25, 0.3) is 0 Å². The lowest BCUT2D eigenvalue weighted by atomic mass is 9.66. The van der Waals surface area contributed by atoms with E-state index in [1.54, 1.807) is 0 Å². The highest BCUT2D eigenvalue weighted by molar-refractivity contribution is 6.02. The van der Waals surface area contributed by atoms with Crippen LogP contribution in [0.5, 0.6) is 11.5 Å². The first-order valence-corrected chi connectivity index (χ1v) is 20.2. The zero-order valence-electron chi connectivity index (χ0n) is 32.3. The van der Waals surface area contributed by atoms with Gasteiger partial charge in [0.1, 0.15) is 11.5 Å². The predicted octanol–water partition coefficient (Wildman–Crippen LogP) is 13.2. The molecule has 0 unspecified atom stereocenters. The second-order valence-corrected chi connectivity index (χ2v) is 15.3. The maximum absolute atomic E-state index is 6.70. The molecular formula is C55H34N4O. The second kappa shape index (κ2) is 13.5. The molecule has 10 aromatic rings. The summed E-state index contributed by atoms with van der Waals surface area (Å²) in [5.41, 5.74) is 14.4. The van der Waals surface area contributed by atoms with Crippen LogP contribution in [0.1, 0.15) is 22.3 Å². The lowest BCUT2D eigenvalue weighted by molar-refractivity contribution is 0.436. The van der Waals surface area contributed by atoms with Gasteiger partial charge in [-0.05, 0) is 57.1 Å². The molecule has 5 nitrogen and oxygen atoms in total. The predicted molar refractivity (Wildman–Crippen MR) is 240 cm³/mol. The van der Waals surface area contributed by atoms with Crippen molar-refractivity contribution >= 4 is 10.9 Å². The van der Waals surface area contributed by atoms with Crippen LogP contribution in [0, 0.1) is 0 Å². The molecule has 2 aromatic heterocycles. The fourth-order valence-electron chi connectivity index (χ4n) is 9.51. The second-order valence-electron chi connectivity index (χ2n) is 15.3. The lowest BCUT2D eigenvalue weighted by Gasteiger charge is -2.39. The average molecular weight is 767 g/mol. The molecule has 0 N–H and O–H groups in total. The average Bonchev–Trinajstić information content (AvgIpc) is 3.63. The number of rotatable bonds is 5. The van der Waals surface area contributed by atoms with Crippen LogP contribution in [-0.4, -0.2) is 19.9 Å². The Hall–Kier alpha value is -8.02. The van der Waals surface area contributed by atoms with Crippen molar-refractivity contribution in [1.29, 1.82) is 0 Å². The number of nitrogens with zero attached hydrogens (tertiary/aromatic N) is 4. The number of hydrogen-bond acceptors (Lipinski definition) is 5. The monoisotopic (exact) mass is 766 g/mol. The number of pyridine rings is 1. The molecule has 3 heterocycles. The zero-order chi connectivity index (χ0) is 39.6. The van der Waals surface area contributed by atoms with Crippen LogP contribution in [0.25, 0.3) is 78.4 Å². The van der Waals surface area contributed by atoms with Gasteiger partial charge in [0, 0.05) is 45.0 Å². The van der Waals surface area contributed by atoms with E-state index in [-0.39, 0.29) is 0 Å². The summed E-state index contributed by atoms with van der Waals surface area (Å²) in [6.07, 6.45) is 1.86. The van der Waals surface area contributed by atoms with Crippen LogP contribution in [-0.2, 0) is 5.41 Å². The Labute approximate surface area is 347 Å². The standard InChI is InChI=1S/C55H34N4O/c1-3-15-38(16-4-1)52-57-53(39-17-5-2-6-18-39)59-54(58-52)42-23-13-27-46-50(42)49-40(35-30-32-36(33-31-35)41-22-11-19-37-20-14-34-56-51(37)41)21-12-26-45(49)55(46)43-24-7-9-28-47(43)60-48-29-10-8-25-44(48)55/h1-34H. The van der Waals surface area contributed by atoms with E-state index in [2.05, 4.69) is 158 Å². The number of aromatic nitrogens is 4. The topological polar surface area (TPSA) is 60.8 Å². The van der Waals surface area contributed by atoms with Gasteiger partial charge in [-0.1, -0.05) is 182 Å². The molecule has 0 fully saturated rings. The van der Waals surface area contributed by atoms with Gasteiger partial charge < -0.3 is 4.74 Å². The van der Waals surface area contributed by atoms with E-state index in [4.69, 9.17) is 24.7 Å². The molecule has 0 atom stereocenters. The molecular weight excluding hydrogens is 733 g/mol. The van der Waals surface area contributed by atoms with Crippen LogP contribution in [0.4, 0.5) is 0 Å². The minimum atomic E-state index is -0.686. The maximum atomic E-state index is 6.70. The summed E-state index contributed by atoms with van der Waals surface area (Å²) >= 11 is 0. The maximum Gasteiger partial charge on any atom is 0.164 e. The van der Waals surface area contributed by atoms with Crippen molar-refractivity contribution in [1.82, 2.24) is 19.9 Å². The third kappa shape index (κ3) is 5.12. The molecule has 12 rings (SSSR count). The molecule has 2 aliphatic rings. The van der Waals surface area contributed by atoms with Gasteiger partial charge in [-0.15, -0.1) is 0 Å². The lowest BCUT2D eigenvalue weighted by Crippen LogP contribution is -2.32. The van der Waals surface area contributed by atoms with Crippen LogP contribution >= 0.6 is 0 Å². The van der Waals surface area contributed by atoms with Crippen LogP contribution < -0.4 is 4.74 Å². The summed E-state index contributed by atoms with van der Waals surface area (Å²) in [5, 5.41) is 1.12. The Morgan fingerprint density at radius 2 is 0.800 bits per heavy atom. The molecule has 0 amide bonds. The molecule has 0 saturated carbocycles. The van der Waals surface area contributed by atoms with Crippen molar-refractivity contribution in [3.05, 3.63) is 229 Å². The van der Waals surface area contributed by atoms with Crippen molar-refractivity contribution in [3.63, 3.8) is 0 Å². The smallest absolute Gasteiger partial charge is 0.164 e. The van der Waals surface area contributed by atoms with Crippen LogP contribution in [0.2, 0.25) is 0 Å². The summed E-state index contributed by atoms with van der Waals surface area (Å²) in [6.45, 7) is 0.